The zero-order valence-electron chi connectivity index (χ0n) is 23.7. The third-order valence-corrected chi connectivity index (χ3v) is 7.87. The SMILES string of the molecule is CCCCCCCCCCOc1cc2cc3c(cc2cc1OCCCCCCCCCC)CCCC3. The van der Waals surface area contributed by atoms with Crippen LogP contribution in [0.3, 0.4) is 0 Å². The second-order valence-corrected chi connectivity index (χ2v) is 11.1. The number of hydrogen-bond donors (Lipinski definition) is 0. The van der Waals surface area contributed by atoms with E-state index in [1.807, 2.05) is 0 Å². The lowest BCUT2D eigenvalue weighted by Gasteiger charge is -2.19. The first-order valence-corrected chi connectivity index (χ1v) is 15.7. The summed E-state index contributed by atoms with van der Waals surface area (Å²) >= 11 is 0. The maximum atomic E-state index is 6.34. The lowest BCUT2D eigenvalue weighted by molar-refractivity contribution is 0.259. The van der Waals surface area contributed by atoms with Gasteiger partial charge in [0.05, 0.1) is 13.2 Å². The van der Waals surface area contributed by atoms with Gasteiger partial charge in [-0.05, 0) is 72.6 Å². The van der Waals surface area contributed by atoms with Gasteiger partial charge in [-0.1, -0.05) is 116 Å². The fourth-order valence-electron chi connectivity index (χ4n) is 5.56. The molecule has 0 N–H and O–H groups in total. The van der Waals surface area contributed by atoms with Crippen LogP contribution in [0, 0.1) is 0 Å². The monoisotopic (exact) mass is 494 g/mol. The average molecular weight is 495 g/mol. The first-order valence-electron chi connectivity index (χ1n) is 15.7. The van der Waals surface area contributed by atoms with Gasteiger partial charge in [0.2, 0.25) is 0 Å². The van der Waals surface area contributed by atoms with Crippen molar-refractivity contribution in [3.8, 4) is 11.5 Å². The Hall–Kier alpha value is -1.70. The van der Waals surface area contributed by atoms with Crippen molar-refractivity contribution in [2.75, 3.05) is 13.2 Å². The molecule has 0 fully saturated rings. The molecule has 0 aliphatic heterocycles. The molecule has 0 amide bonds. The molecular formula is C34H54O2. The molecular weight excluding hydrogens is 440 g/mol. The van der Waals surface area contributed by atoms with Gasteiger partial charge in [-0.3, -0.25) is 0 Å². The van der Waals surface area contributed by atoms with E-state index in [0.717, 1.165) is 37.6 Å². The van der Waals surface area contributed by atoms with E-state index in [4.69, 9.17) is 9.47 Å². The molecule has 0 saturated carbocycles. The molecule has 0 spiro atoms. The van der Waals surface area contributed by atoms with Crippen LogP contribution in [0.15, 0.2) is 24.3 Å². The second kappa shape index (κ2) is 17.7. The van der Waals surface area contributed by atoms with Crippen LogP contribution in [0.2, 0.25) is 0 Å². The molecule has 0 aromatic heterocycles. The maximum Gasteiger partial charge on any atom is 0.161 e. The van der Waals surface area contributed by atoms with Crippen molar-refractivity contribution in [3.63, 3.8) is 0 Å². The lowest BCUT2D eigenvalue weighted by atomic mass is 9.89. The Morgan fingerprint density at radius 1 is 0.472 bits per heavy atom. The molecule has 202 valence electrons. The summed E-state index contributed by atoms with van der Waals surface area (Å²) in [5, 5.41) is 2.61. The van der Waals surface area contributed by atoms with Crippen LogP contribution in [-0.2, 0) is 12.8 Å². The Morgan fingerprint density at radius 2 is 0.833 bits per heavy atom. The number of ether oxygens (including phenoxy) is 2. The van der Waals surface area contributed by atoms with E-state index < -0.39 is 0 Å². The smallest absolute Gasteiger partial charge is 0.161 e. The van der Waals surface area contributed by atoms with Gasteiger partial charge in [0.25, 0.3) is 0 Å². The van der Waals surface area contributed by atoms with E-state index in [9.17, 15) is 0 Å². The molecule has 1 aliphatic carbocycles. The van der Waals surface area contributed by atoms with E-state index in [2.05, 4.69) is 38.1 Å². The largest absolute Gasteiger partial charge is 0.490 e. The zero-order valence-corrected chi connectivity index (χ0v) is 23.7. The fraction of sp³-hybridized carbons (Fsp3) is 0.706. The fourth-order valence-corrected chi connectivity index (χ4v) is 5.56. The Bertz CT molecular complexity index is 785. The summed E-state index contributed by atoms with van der Waals surface area (Å²) in [6.07, 6.45) is 26.3. The molecule has 0 saturated heterocycles. The van der Waals surface area contributed by atoms with Crippen molar-refractivity contribution in [1.29, 1.82) is 0 Å². The van der Waals surface area contributed by atoms with Gasteiger partial charge >= 0.3 is 0 Å². The molecule has 0 heterocycles. The van der Waals surface area contributed by atoms with Gasteiger partial charge in [0.1, 0.15) is 0 Å². The molecule has 0 bridgehead atoms. The minimum absolute atomic E-state index is 0.791. The summed E-state index contributed by atoms with van der Waals surface area (Å²) < 4.78 is 12.7. The van der Waals surface area contributed by atoms with Crippen molar-refractivity contribution in [1.82, 2.24) is 0 Å². The number of benzene rings is 2. The average Bonchev–Trinajstić information content (AvgIpc) is 2.90. The first-order chi connectivity index (χ1) is 17.8. The number of aryl methyl sites for hydroxylation is 2. The number of hydrogen-bond acceptors (Lipinski definition) is 2. The molecule has 36 heavy (non-hydrogen) atoms. The van der Waals surface area contributed by atoms with Crippen LogP contribution in [0.1, 0.15) is 141 Å². The van der Waals surface area contributed by atoms with Crippen LogP contribution < -0.4 is 9.47 Å². The van der Waals surface area contributed by atoms with Crippen LogP contribution >= 0.6 is 0 Å². The molecule has 2 nitrogen and oxygen atoms in total. The van der Waals surface area contributed by atoms with Crippen molar-refractivity contribution in [3.05, 3.63) is 35.4 Å². The summed E-state index contributed by atoms with van der Waals surface area (Å²) in [7, 11) is 0. The van der Waals surface area contributed by atoms with Gasteiger partial charge < -0.3 is 9.47 Å². The third-order valence-electron chi connectivity index (χ3n) is 7.87. The summed E-state index contributed by atoms with van der Waals surface area (Å²) in [5.74, 6) is 1.89. The second-order valence-electron chi connectivity index (χ2n) is 11.1. The van der Waals surface area contributed by atoms with E-state index >= 15 is 0 Å². The molecule has 1 aliphatic rings. The van der Waals surface area contributed by atoms with E-state index in [1.54, 1.807) is 0 Å². The third kappa shape index (κ3) is 10.3. The predicted molar refractivity (Wildman–Crippen MR) is 157 cm³/mol. The van der Waals surface area contributed by atoms with E-state index in [0.29, 0.717) is 0 Å². The number of rotatable bonds is 20. The summed E-state index contributed by atoms with van der Waals surface area (Å²) in [6, 6.07) is 9.32. The highest BCUT2D eigenvalue weighted by Crippen LogP contribution is 2.36. The number of unbranched alkanes of at least 4 members (excludes halogenated alkanes) is 14. The summed E-state index contributed by atoms with van der Waals surface area (Å²) in [6.45, 7) is 6.15. The molecule has 3 rings (SSSR count). The van der Waals surface area contributed by atoms with Crippen molar-refractivity contribution < 1.29 is 9.47 Å². The van der Waals surface area contributed by atoms with E-state index in [-0.39, 0.29) is 0 Å². The molecule has 2 aromatic carbocycles. The number of fused-ring (bicyclic) bond motifs is 2. The lowest BCUT2D eigenvalue weighted by Crippen LogP contribution is -2.04. The highest BCUT2D eigenvalue weighted by Gasteiger charge is 2.14. The van der Waals surface area contributed by atoms with Gasteiger partial charge in [0.15, 0.2) is 11.5 Å². The molecule has 0 radical (unpaired) electrons. The Labute approximate surface area is 222 Å². The first kappa shape index (κ1) is 28.9. The highest BCUT2D eigenvalue weighted by atomic mass is 16.5. The van der Waals surface area contributed by atoms with Gasteiger partial charge in [0, 0.05) is 0 Å². The predicted octanol–water partition coefficient (Wildman–Crippen LogP) is 10.8. The standard InChI is InChI=1S/C34H54O2/c1-3-5-7-9-11-13-15-19-23-35-33-27-31-25-29-21-17-18-22-30(29)26-32(31)28-34(33)36-24-20-16-14-12-10-8-6-4-2/h25-28H,3-24H2,1-2H3. The van der Waals surface area contributed by atoms with Crippen molar-refractivity contribution >= 4 is 10.8 Å². The van der Waals surface area contributed by atoms with Crippen molar-refractivity contribution in [2.45, 2.75) is 142 Å². The quantitative estimate of drug-likeness (QED) is 0.170. The maximum absolute atomic E-state index is 6.34. The van der Waals surface area contributed by atoms with E-state index in [1.165, 1.54) is 137 Å². The van der Waals surface area contributed by atoms with Crippen molar-refractivity contribution in [2.24, 2.45) is 0 Å². The topological polar surface area (TPSA) is 18.5 Å². The molecule has 2 aromatic rings. The molecule has 2 heteroatoms. The molecule has 0 unspecified atom stereocenters. The molecule has 0 atom stereocenters. The van der Waals surface area contributed by atoms with Gasteiger partial charge in [-0.2, -0.15) is 0 Å². The minimum Gasteiger partial charge on any atom is -0.490 e. The van der Waals surface area contributed by atoms with Gasteiger partial charge in [-0.25, -0.2) is 0 Å². The van der Waals surface area contributed by atoms with Crippen LogP contribution in [0.5, 0.6) is 11.5 Å². The van der Waals surface area contributed by atoms with Gasteiger partial charge in [-0.15, -0.1) is 0 Å². The van der Waals surface area contributed by atoms with Crippen LogP contribution in [0.4, 0.5) is 0 Å². The van der Waals surface area contributed by atoms with Crippen LogP contribution in [-0.4, -0.2) is 13.2 Å². The summed E-state index contributed by atoms with van der Waals surface area (Å²) in [4.78, 5) is 0. The summed E-state index contributed by atoms with van der Waals surface area (Å²) in [5.41, 5.74) is 3.07. The highest BCUT2D eigenvalue weighted by molar-refractivity contribution is 5.87. The van der Waals surface area contributed by atoms with Crippen LogP contribution in [0.25, 0.3) is 10.8 Å². The minimum atomic E-state index is 0.791. The Balaban J connectivity index is 1.51. The zero-order chi connectivity index (χ0) is 25.3. The Kier molecular flexibility index (Phi) is 14.2. The Morgan fingerprint density at radius 3 is 1.22 bits per heavy atom. The normalized spacial score (nSPS) is 13.2.